The van der Waals surface area contributed by atoms with Gasteiger partial charge in [-0.15, -0.1) is 0 Å². The average Bonchev–Trinajstić information content (AvgIpc) is 2.77. The van der Waals surface area contributed by atoms with Gasteiger partial charge < -0.3 is 9.47 Å². The van der Waals surface area contributed by atoms with Crippen LogP contribution in [0.2, 0.25) is 0 Å². The van der Waals surface area contributed by atoms with Gasteiger partial charge in [-0.2, -0.15) is 0 Å². The summed E-state index contributed by atoms with van der Waals surface area (Å²) in [5.74, 6) is -0.649. The smallest absolute Gasteiger partial charge is 0.338 e. The van der Waals surface area contributed by atoms with Crippen molar-refractivity contribution in [2.45, 2.75) is 12.8 Å². The minimum Gasteiger partial charge on any atom is -0.462 e. The van der Waals surface area contributed by atoms with Gasteiger partial charge in [-0.1, -0.05) is 66.7 Å². The van der Waals surface area contributed by atoms with Crippen molar-refractivity contribution in [3.8, 4) is 5.75 Å². The van der Waals surface area contributed by atoms with Crippen molar-refractivity contribution in [1.82, 2.24) is 0 Å². The molecule has 0 unspecified atom stereocenters. The van der Waals surface area contributed by atoms with Gasteiger partial charge in [0.15, 0.2) is 0 Å². The highest BCUT2D eigenvalue weighted by molar-refractivity contribution is 5.91. The van der Waals surface area contributed by atoms with Crippen LogP contribution in [0.3, 0.4) is 0 Å². The second-order valence-electron chi connectivity index (χ2n) is 6.42. The molecule has 3 aromatic carbocycles. The molecule has 0 radical (unpaired) electrons. The summed E-state index contributed by atoms with van der Waals surface area (Å²) in [6.07, 6.45) is 4.62. The van der Waals surface area contributed by atoms with Gasteiger partial charge in [0, 0.05) is 6.08 Å². The Morgan fingerprint density at radius 3 is 2.31 bits per heavy atom. The number of carbonyl (C=O) groups is 2. The topological polar surface area (TPSA) is 52.6 Å². The summed E-state index contributed by atoms with van der Waals surface area (Å²) in [7, 11) is 0. The second kappa shape index (κ2) is 10.6. The van der Waals surface area contributed by atoms with Gasteiger partial charge in [-0.05, 0) is 48.2 Å². The molecule has 0 amide bonds. The monoisotopic (exact) mass is 386 g/mol. The Hall–Kier alpha value is -3.66. The molecule has 0 fully saturated rings. The molecule has 0 aromatic heterocycles. The highest BCUT2D eigenvalue weighted by Crippen LogP contribution is 2.15. The molecule has 146 valence electrons. The SMILES string of the molecule is O=C(/C=C/c1ccccc1)Oc1cccc(C(=O)OCCCc2ccccc2)c1. The molecular weight excluding hydrogens is 364 g/mol. The number of carbonyl (C=O) groups excluding carboxylic acids is 2. The molecule has 0 atom stereocenters. The molecule has 0 bridgehead atoms. The summed E-state index contributed by atoms with van der Waals surface area (Å²) in [5.41, 5.74) is 2.46. The van der Waals surface area contributed by atoms with Gasteiger partial charge in [0.25, 0.3) is 0 Å². The predicted molar refractivity (Wildman–Crippen MR) is 113 cm³/mol. The van der Waals surface area contributed by atoms with Crippen molar-refractivity contribution < 1.29 is 19.1 Å². The lowest BCUT2D eigenvalue weighted by Gasteiger charge is -2.07. The molecule has 4 nitrogen and oxygen atoms in total. The van der Waals surface area contributed by atoms with E-state index in [0.717, 1.165) is 18.4 Å². The molecule has 0 saturated carbocycles. The molecule has 0 aliphatic heterocycles. The molecule has 0 aliphatic carbocycles. The maximum atomic E-state index is 12.2. The Kier molecular flexibility index (Phi) is 7.35. The Labute approximate surface area is 170 Å². The van der Waals surface area contributed by atoms with Gasteiger partial charge >= 0.3 is 11.9 Å². The lowest BCUT2D eigenvalue weighted by atomic mass is 10.1. The van der Waals surface area contributed by atoms with Gasteiger partial charge in [0.2, 0.25) is 0 Å². The zero-order valence-corrected chi connectivity index (χ0v) is 16.0. The molecule has 29 heavy (non-hydrogen) atoms. The van der Waals surface area contributed by atoms with Gasteiger partial charge in [0.1, 0.15) is 5.75 Å². The van der Waals surface area contributed by atoms with Crippen molar-refractivity contribution in [2.75, 3.05) is 6.61 Å². The van der Waals surface area contributed by atoms with Gasteiger partial charge in [-0.3, -0.25) is 0 Å². The lowest BCUT2D eigenvalue weighted by Crippen LogP contribution is -2.08. The van der Waals surface area contributed by atoms with Crippen molar-refractivity contribution in [2.24, 2.45) is 0 Å². The van der Waals surface area contributed by atoms with E-state index in [2.05, 4.69) is 0 Å². The molecule has 0 spiro atoms. The fourth-order valence-electron chi connectivity index (χ4n) is 2.73. The van der Waals surface area contributed by atoms with Crippen molar-refractivity contribution in [3.05, 3.63) is 108 Å². The molecule has 4 heteroatoms. The Balaban J connectivity index is 1.48. The van der Waals surface area contributed by atoms with E-state index in [-0.39, 0.29) is 0 Å². The summed E-state index contributed by atoms with van der Waals surface area (Å²) in [6.45, 7) is 0.331. The number of esters is 2. The number of ether oxygens (including phenoxy) is 2. The van der Waals surface area contributed by atoms with Crippen LogP contribution >= 0.6 is 0 Å². The molecule has 0 heterocycles. The maximum absolute atomic E-state index is 12.2. The summed E-state index contributed by atoms with van der Waals surface area (Å²) in [6, 6.07) is 25.9. The van der Waals surface area contributed by atoms with Gasteiger partial charge in [0.05, 0.1) is 12.2 Å². The van der Waals surface area contributed by atoms with Crippen molar-refractivity contribution >= 4 is 18.0 Å². The van der Waals surface area contributed by atoms with Crippen LogP contribution in [0.5, 0.6) is 5.75 Å². The molecule has 3 aromatic rings. The van der Waals surface area contributed by atoms with E-state index in [0.29, 0.717) is 17.9 Å². The maximum Gasteiger partial charge on any atom is 0.338 e. The number of hydrogen-bond acceptors (Lipinski definition) is 4. The summed E-state index contributed by atoms with van der Waals surface area (Å²) in [5, 5.41) is 0. The number of hydrogen-bond donors (Lipinski definition) is 0. The van der Waals surface area contributed by atoms with E-state index in [4.69, 9.17) is 9.47 Å². The highest BCUT2D eigenvalue weighted by atomic mass is 16.5. The molecule has 0 N–H and O–H groups in total. The fraction of sp³-hybridized carbons (Fsp3) is 0.120. The highest BCUT2D eigenvalue weighted by Gasteiger charge is 2.09. The number of benzene rings is 3. The molecule has 0 saturated heterocycles. The third-order valence-corrected chi connectivity index (χ3v) is 4.19. The third-order valence-electron chi connectivity index (χ3n) is 4.19. The third kappa shape index (κ3) is 6.78. The summed E-state index contributed by atoms with van der Waals surface area (Å²) < 4.78 is 10.6. The van der Waals surface area contributed by atoms with E-state index in [1.54, 1.807) is 24.3 Å². The van der Waals surface area contributed by atoms with Crippen molar-refractivity contribution in [3.63, 3.8) is 0 Å². The van der Waals surface area contributed by atoms with E-state index in [1.165, 1.54) is 17.7 Å². The van der Waals surface area contributed by atoms with E-state index in [1.807, 2.05) is 60.7 Å². The van der Waals surface area contributed by atoms with Crippen LogP contribution in [0.4, 0.5) is 0 Å². The van der Waals surface area contributed by atoms with Crippen LogP contribution in [-0.2, 0) is 16.0 Å². The minimum absolute atomic E-state index is 0.298. The van der Waals surface area contributed by atoms with E-state index >= 15 is 0 Å². The normalized spacial score (nSPS) is 10.6. The standard InChI is InChI=1S/C25H22O4/c26-24(17-16-21-11-5-2-6-12-21)29-23-15-7-14-22(19-23)25(27)28-18-8-13-20-9-3-1-4-10-20/h1-7,9-12,14-17,19H,8,13,18H2/b17-16+. The first kappa shape index (κ1) is 20.1. The predicted octanol–water partition coefficient (Wildman–Crippen LogP) is 5.10. The van der Waals surface area contributed by atoms with Crippen LogP contribution in [0, 0.1) is 0 Å². The average molecular weight is 386 g/mol. The second-order valence-corrected chi connectivity index (χ2v) is 6.42. The van der Waals surface area contributed by atoms with E-state index < -0.39 is 11.9 Å². The largest absolute Gasteiger partial charge is 0.462 e. The lowest BCUT2D eigenvalue weighted by molar-refractivity contribution is -0.128. The van der Waals surface area contributed by atoms with Crippen LogP contribution < -0.4 is 4.74 Å². The fourth-order valence-corrected chi connectivity index (χ4v) is 2.73. The van der Waals surface area contributed by atoms with Crippen LogP contribution in [0.15, 0.2) is 91.0 Å². The zero-order valence-electron chi connectivity index (χ0n) is 16.0. The first-order valence-electron chi connectivity index (χ1n) is 9.47. The number of rotatable bonds is 8. The Bertz CT molecular complexity index is 962. The van der Waals surface area contributed by atoms with E-state index in [9.17, 15) is 9.59 Å². The zero-order chi connectivity index (χ0) is 20.3. The Morgan fingerprint density at radius 2 is 1.55 bits per heavy atom. The quantitative estimate of drug-likeness (QED) is 0.234. The first-order valence-corrected chi connectivity index (χ1v) is 9.47. The molecular formula is C25H22O4. The number of aryl methyl sites for hydroxylation is 1. The van der Waals surface area contributed by atoms with Crippen LogP contribution in [-0.4, -0.2) is 18.5 Å². The van der Waals surface area contributed by atoms with Gasteiger partial charge in [-0.25, -0.2) is 9.59 Å². The summed E-state index contributed by atoms with van der Waals surface area (Å²) in [4.78, 5) is 24.2. The van der Waals surface area contributed by atoms with Crippen LogP contribution in [0.1, 0.15) is 27.9 Å². The Morgan fingerprint density at radius 1 is 0.828 bits per heavy atom. The summed E-state index contributed by atoms with van der Waals surface area (Å²) >= 11 is 0. The first-order chi connectivity index (χ1) is 14.2. The molecule has 0 aliphatic rings. The van der Waals surface area contributed by atoms with Crippen LogP contribution in [0.25, 0.3) is 6.08 Å². The van der Waals surface area contributed by atoms with Crippen molar-refractivity contribution in [1.29, 1.82) is 0 Å². The molecule has 3 rings (SSSR count). The minimum atomic E-state index is -0.512.